The van der Waals surface area contributed by atoms with Crippen molar-refractivity contribution in [3.63, 3.8) is 0 Å². The van der Waals surface area contributed by atoms with E-state index in [1.807, 2.05) is 0 Å². The van der Waals surface area contributed by atoms with E-state index in [4.69, 9.17) is 0 Å². The van der Waals surface area contributed by atoms with Gasteiger partial charge in [0, 0.05) is 28.0 Å². The maximum absolute atomic E-state index is 0. The molecule has 0 aromatic heterocycles. The first kappa shape index (κ1) is 315. The summed E-state index contributed by atoms with van der Waals surface area (Å²) in [5.74, 6) is 0. The molecule has 5 heavy (non-hydrogen) atoms. The van der Waals surface area contributed by atoms with Gasteiger partial charge in [0.1, 0.15) is 0 Å². The smallest absolute Gasteiger partial charge is 0 e. The van der Waals surface area contributed by atoms with Crippen LogP contribution >= 0.6 is 0 Å². The van der Waals surface area contributed by atoms with E-state index in [0.29, 0.717) is 0 Å². The molecule has 4 radical (unpaired) electrons. The molecule has 36 valence electrons. The van der Waals surface area contributed by atoms with Gasteiger partial charge in [-0.1, -0.05) is 0 Å². The van der Waals surface area contributed by atoms with Crippen molar-refractivity contribution in [2.75, 3.05) is 0 Å². The quantitative estimate of drug-likeness (QED) is 0.322. The van der Waals surface area contributed by atoms with Crippen molar-refractivity contribution in [1.82, 2.24) is 0 Å². The SMILES string of the molecule is O.O.O.[Fe].[Si]. The van der Waals surface area contributed by atoms with Gasteiger partial charge >= 0.3 is 0 Å². The van der Waals surface area contributed by atoms with Crippen molar-refractivity contribution in [2.45, 2.75) is 0 Å². The molecule has 0 rings (SSSR count). The Morgan fingerprint density at radius 1 is 0.600 bits per heavy atom. The fraction of sp³-hybridized carbons (Fsp3) is 0. The second-order valence-electron chi connectivity index (χ2n) is 0. The van der Waals surface area contributed by atoms with Crippen LogP contribution in [0.15, 0.2) is 0 Å². The summed E-state index contributed by atoms with van der Waals surface area (Å²) in [7, 11) is 0. The normalized spacial score (nSPS) is 0. The average molecular weight is 138 g/mol. The first-order chi connectivity index (χ1) is 0. The molecule has 0 amide bonds. The second-order valence-corrected chi connectivity index (χ2v) is 0. The van der Waals surface area contributed by atoms with E-state index < -0.39 is 0 Å². The van der Waals surface area contributed by atoms with Crippen LogP contribution in [0.1, 0.15) is 0 Å². The number of hydrogen-bond donors (Lipinski definition) is 0. The Bertz CT molecular complexity index is 6.85. The van der Waals surface area contributed by atoms with Gasteiger partial charge in [0.2, 0.25) is 0 Å². The Hall–Kier alpha value is 0.616. The van der Waals surface area contributed by atoms with Crippen molar-refractivity contribution in [3.8, 4) is 0 Å². The summed E-state index contributed by atoms with van der Waals surface area (Å²) in [4.78, 5) is 0. The summed E-state index contributed by atoms with van der Waals surface area (Å²) >= 11 is 0. The van der Waals surface area contributed by atoms with Crippen LogP contribution < -0.4 is 0 Å². The molecule has 0 aromatic carbocycles. The Morgan fingerprint density at radius 2 is 0.600 bits per heavy atom. The molecular weight excluding hydrogens is 132 g/mol. The minimum absolute atomic E-state index is 0. The number of hydrogen-bond acceptors (Lipinski definition) is 0. The molecule has 0 spiro atoms. The molecule has 0 aromatic rings. The molecule has 0 aliphatic carbocycles. The summed E-state index contributed by atoms with van der Waals surface area (Å²) in [6.45, 7) is 0. The van der Waals surface area contributed by atoms with Crippen LogP contribution in [0.25, 0.3) is 0 Å². The van der Waals surface area contributed by atoms with Gasteiger partial charge in [0.05, 0.1) is 0 Å². The van der Waals surface area contributed by atoms with Crippen LogP contribution in [0.5, 0.6) is 0 Å². The molecule has 3 nitrogen and oxygen atoms in total. The van der Waals surface area contributed by atoms with Crippen LogP contribution in [0.4, 0.5) is 0 Å². The Labute approximate surface area is 45.2 Å². The Kier molecular flexibility index (Phi) is 10000. The van der Waals surface area contributed by atoms with E-state index >= 15 is 0 Å². The zero-order valence-electron chi connectivity index (χ0n) is 2.35. The maximum atomic E-state index is 0. The molecule has 0 unspecified atom stereocenters. The predicted octanol–water partition coefficient (Wildman–Crippen LogP) is -2.86. The van der Waals surface area contributed by atoms with E-state index in [9.17, 15) is 0 Å². The molecule has 0 aliphatic rings. The van der Waals surface area contributed by atoms with Crippen molar-refractivity contribution < 1.29 is 33.5 Å². The van der Waals surface area contributed by atoms with Gasteiger partial charge < -0.3 is 16.4 Å². The molecule has 0 aliphatic heterocycles. The number of rotatable bonds is 0. The van der Waals surface area contributed by atoms with Crippen LogP contribution in [0, 0.1) is 0 Å². The van der Waals surface area contributed by atoms with Crippen molar-refractivity contribution in [1.29, 1.82) is 0 Å². The minimum atomic E-state index is 0. The van der Waals surface area contributed by atoms with Crippen molar-refractivity contribution in [3.05, 3.63) is 0 Å². The van der Waals surface area contributed by atoms with E-state index in [0.717, 1.165) is 0 Å². The minimum Gasteiger partial charge on any atom is -0.412 e. The fourth-order valence-electron chi connectivity index (χ4n) is 0. The zero-order valence-corrected chi connectivity index (χ0v) is 4.46. The third-order valence-corrected chi connectivity index (χ3v) is 0. The average Bonchev–Trinajstić information content (AvgIpc) is 0. The third-order valence-electron chi connectivity index (χ3n) is 0. The summed E-state index contributed by atoms with van der Waals surface area (Å²) in [6.07, 6.45) is 0. The van der Waals surface area contributed by atoms with Gasteiger partial charge in [-0.15, -0.1) is 0 Å². The van der Waals surface area contributed by atoms with E-state index in [-0.39, 0.29) is 44.5 Å². The summed E-state index contributed by atoms with van der Waals surface area (Å²) in [5.41, 5.74) is 0. The van der Waals surface area contributed by atoms with Gasteiger partial charge in [0.25, 0.3) is 0 Å². The molecule has 0 fully saturated rings. The molecule has 0 saturated carbocycles. The van der Waals surface area contributed by atoms with E-state index in [1.54, 1.807) is 0 Å². The van der Waals surface area contributed by atoms with Crippen LogP contribution in [-0.4, -0.2) is 27.4 Å². The molecule has 5 heteroatoms. The first-order valence-electron chi connectivity index (χ1n) is 0. The van der Waals surface area contributed by atoms with Gasteiger partial charge in [-0.2, -0.15) is 0 Å². The van der Waals surface area contributed by atoms with Crippen molar-refractivity contribution >= 4 is 11.0 Å². The van der Waals surface area contributed by atoms with Gasteiger partial charge in [-0.25, -0.2) is 0 Å². The molecule has 0 bridgehead atoms. The van der Waals surface area contributed by atoms with Gasteiger partial charge in [0.15, 0.2) is 0 Å². The van der Waals surface area contributed by atoms with Gasteiger partial charge in [-0.3, -0.25) is 0 Å². The standard InChI is InChI=1S/Fe.3H2O.Si/h;3*1H2;. The summed E-state index contributed by atoms with van der Waals surface area (Å²) in [6, 6.07) is 0. The molecule has 6 N–H and O–H groups in total. The Morgan fingerprint density at radius 3 is 0.600 bits per heavy atom. The van der Waals surface area contributed by atoms with Gasteiger partial charge in [-0.05, 0) is 0 Å². The Balaban J connectivity index is 0. The molecule has 0 heterocycles. The topological polar surface area (TPSA) is 94.5 Å². The zero-order chi connectivity index (χ0) is 0. The molecule has 0 saturated heterocycles. The van der Waals surface area contributed by atoms with Crippen molar-refractivity contribution in [2.24, 2.45) is 0 Å². The second kappa shape index (κ2) is 159. The fourth-order valence-corrected chi connectivity index (χ4v) is 0. The molecule has 0 atom stereocenters. The van der Waals surface area contributed by atoms with E-state index in [2.05, 4.69) is 0 Å². The predicted molar refractivity (Wildman–Crippen MR) is 16.6 cm³/mol. The summed E-state index contributed by atoms with van der Waals surface area (Å²) < 4.78 is 0. The van der Waals surface area contributed by atoms with Crippen LogP contribution in [-0.2, 0) is 17.1 Å². The third kappa shape index (κ3) is 83.2. The van der Waals surface area contributed by atoms with Crippen LogP contribution in [0.2, 0.25) is 0 Å². The monoisotopic (exact) mass is 138 g/mol. The molecular formula is H6FeO3Si. The summed E-state index contributed by atoms with van der Waals surface area (Å²) in [5, 5.41) is 0. The van der Waals surface area contributed by atoms with E-state index in [1.165, 1.54) is 0 Å². The maximum Gasteiger partial charge on any atom is 0 e. The first-order valence-corrected chi connectivity index (χ1v) is 0. The largest absolute Gasteiger partial charge is 0.412 e. The van der Waals surface area contributed by atoms with Crippen LogP contribution in [0.3, 0.4) is 0 Å².